The highest BCUT2D eigenvalue weighted by Gasteiger charge is 2.39. The van der Waals surface area contributed by atoms with E-state index in [-0.39, 0.29) is 37.8 Å². The second-order valence-corrected chi connectivity index (χ2v) is 15.3. The Morgan fingerprint density at radius 1 is 0.900 bits per heavy atom. The summed E-state index contributed by atoms with van der Waals surface area (Å²) >= 11 is 0. The van der Waals surface area contributed by atoms with Gasteiger partial charge in [-0.3, -0.25) is 14.6 Å². The average molecular weight is 807 g/mol. The van der Waals surface area contributed by atoms with Crippen LogP contribution < -0.4 is 19.5 Å². The maximum absolute atomic E-state index is 14.2. The molecule has 4 heterocycles. The van der Waals surface area contributed by atoms with Gasteiger partial charge in [0.15, 0.2) is 29.2 Å². The van der Waals surface area contributed by atoms with Gasteiger partial charge in [-0.25, -0.2) is 9.78 Å². The van der Waals surface area contributed by atoms with Crippen molar-refractivity contribution in [2.45, 2.75) is 71.7 Å². The molecule has 2 N–H and O–H groups in total. The minimum Gasteiger partial charge on any atom is -0.493 e. The van der Waals surface area contributed by atoms with Gasteiger partial charge in [0.25, 0.3) is 5.91 Å². The van der Waals surface area contributed by atoms with Gasteiger partial charge in [-0.15, -0.1) is 0 Å². The van der Waals surface area contributed by atoms with Crippen molar-refractivity contribution in [1.29, 1.82) is 0 Å². The van der Waals surface area contributed by atoms with Crippen LogP contribution in [0.25, 0.3) is 11.1 Å². The summed E-state index contributed by atoms with van der Waals surface area (Å²) in [5.74, 6) is 0.155. The molecule has 0 spiro atoms. The van der Waals surface area contributed by atoms with Crippen molar-refractivity contribution in [2.75, 3.05) is 13.2 Å². The molecular weight excluding hydrogens is 761 g/mol. The first-order valence-electron chi connectivity index (χ1n) is 20.0. The molecule has 60 heavy (non-hydrogen) atoms. The summed E-state index contributed by atoms with van der Waals surface area (Å²) in [7, 11) is 0. The number of carboxylic acid groups (broad SMARTS) is 1. The molecule has 2 aliphatic rings. The number of aliphatic carboxylic acids is 1. The van der Waals surface area contributed by atoms with Crippen molar-refractivity contribution >= 4 is 17.8 Å². The predicted molar refractivity (Wildman–Crippen MR) is 223 cm³/mol. The van der Waals surface area contributed by atoms with E-state index < -0.39 is 29.9 Å². The minimum atomic E-state index is -1.25. The molecule has 0 bridgehead atoms. The summed E-state index contributed by atoms with van der Waals surface area (Å²) in [5.41, 5.74) is 8.53. The number of carbonyl (C=O) groups excluding carboxylic acids is 2. The second kappa shape index (κ2) is 17.1. The van der Waals surface area contributed by atoms with Crippen molar-refractivity contribution in [1.82, 2.24) is 20.2 Å². The quantitative estimate of drug-likeness (QED) is 0.127. The third kappa shape index (κ3) is 8.58. The zero-order valence-electron chi connectivity index (χ0n) is 33.9. The van der Waals surface area contributed by atoms with Gasteiger partial charge < -0.3 is 34.0 Å². The Morgan fingerprint density at radius 2 is 1.65 bits per heavy atom. The van der Waals surface area contributed by atoms with Gasteiger partial charge in [0.05, 0.1) is 6.61 Å². The second-order valence-electron chi connectivity index (χ2n) is 15.3. The molecule has 2 aromatic heterocycles. The average Bonchev–Trinajstić information content (AvgIpc) is 3.60. The van der Waals surface area contributed by atoms with E-state index >= 15 is 0 Å². The fourth-order valence-corrected chi connectivity index (χ4v) is 7.81. The summed E-state index contributed by atoms with van der Waals surface area (Å²) in [5, 5.41) is 13.0. The van der Waals surface area contributed by atoms with Gasteiger partial charge in [-0.2, -0.15) is 0 Å². The van der Waals surface area contributed by atoms with Crippen molar-refractivity contribution < 1.29 is 38.1 Å². The van der Waals surface area contributed by atoms with Gasteiger partial charge in [0.2, 0.25) is 5.91 Å². The molecule has 2 aliphatic heterocycles. The first kappa shape index (κ1) is 39.9. The zero-order chi connectivity index (χ0) is 41.9. The van der Waals surface area contributed by atoms with E-state index in [4.69, 9.17) is 18.6 Å². The number of carboxylic acids is 1. The number of aryl methyl sites for hydroxylation is 3. The van der Waals surface area contributed by atoms with E-state index in [2.05, 4.69) is 27.4 Å². The number of aromatic nitrogens is 2. The number of benzene rings is 4. The number of ether oxygens (including phenoxy) is 3. The molecule has 12 nitrogen and oxygen atoms in total. The molecule has 306 valence electrons. The Hall–Kier alpha value is -6.95. The number of fused-ring (bicyclic) bond motifs is 2. The van der Waals surface area contributed by atoms with Crippen LogP contribution in [0, 0.1) is 27.7 Å². The highest BCUT2D eigenvalue weighted by molar-refractivity contribution is 5.98. The fourth-order valence-electron chi connectivity index (χ4n) is 7.81. The molecule has 0 radical (unpaired) electrons. The molecule has 3 atom stereocenters. The number of amides is 2. The van der Waals surface area contributed by atoms with Crippen molar-refractivity contribution in [3.8, 4) is 28.4 Å². The molecule has 0 saturated carbocycles. The Morgan fingerprint density at radius 3 is 2.37 bits per heavy atom. The molecule has 0 aliphatic carbocycles. The summed E-state index contributed by atoms with van der Waals surface area (Å²) in [6, 6.07) is 28.9. The van der Waals surface area contributed by atoms with Crippen LogP contribution in [-0.2, 0) is 35.4 Å². The van der Waals surface area contributed by atoms with E-state index in [0.29, 0.717) is 29.8 Å². The maximum atomic E-state index is 14.2. The lowest BCUT2D eigenvalue weighted by molar-refractivity contribution is -0.142. The number of oxazole rings is 1. The number of carbonyl (C=O) groups is 3. The van der Waals surface area contributed by atoms with Crippen LogP contribution >= 0.6 is 0 Å². The molecule has 1 unspecified atom stereocenters. The predicted octanol–water partition coefficient (Wildman–Crippen LogP) is 7.48. The van der Waals surface area contributed by atoms with Crippen molar-refractivity contribution in [2.24, 2.45) is 0 Å². The third-order valence-electron chi connectivity index (χ3n) is 11.3. The lowest BCUT2D eigenvalue weighted by Crippen LogP contribution is -2.56. The monoisotopic (exact) mass is 806 g/mol. The smallest absolute Gasteiger partial charge is 0.326 e. The van der Waals surface area contributed by atoms with E-state index in [0.717, 1.165) is 56.8 Å². The van der Waals surface area contributed by atoms with Crippen molar-refractivity contribution in [3.63, 3.8) is 0 Å². The number of nitrogens with zero attached hydrogens (tertiary/aromatic N) is 3. The number of hydrogen-bond donors (Lipinski definition) is 2. The van der Waals surface area contributed by atoms with Gasteiger partial charge in [-0.1, -0.05) is 66.7 Å². The third-order valence-corrected chi connectivity index (χ3v) is 11.3. The zero-order valence-corrected chi connectivity index (χ0v) is 33.9. The van der Waals surface area contributed by atoms with E-state index in [1.165, 1.54) is 10.5 Å². The van der Waals surface area contributed by atoms with Crippen LogP contribution in [0.15, 0.2) is 108 Å². The summed E-state index contributed by atoms with van der Waals surface area (Å²) in [4.78, 5) is 51.1. The number of pyridine rings is 1. The maximum Gasteiger partial charge on any atom is 0.326 e. The Bertz CT molecular complexity index is 2540. The molecule has 0 saturated heterocycles. The van der Waals surface area contributed by atoms with Crippen LogP contribution in [-0.4, -0.2) is 63.1 Å². The van der Waals surface area contributed by atoms with Crippen LogP contribution in [0.2, 0.25) is 0 Å². The van der Waals surface area contributed by atoms with Gasteiger partial charge in [0.1, 0.15) is 30.2 Å². The molecule has 2 amide bonds. The molecule has 6 aromatic rings. The number of nitrogens with one attached hydrogen (secondary N) is 1. The standard InChI is InChI=1S/C48H46N4O8/c1-28-29(2)49-20-18-39(28)34-12-10-33(11-13-34)22-40(48(55)56)51-46(53)41-23-36-24-42-43(25-37(36)26-52(41)47(54)45-30(3)59-31(4)50-45)60-44(27-58-42)35-14-16-38(17-15-35)57-21-19-32-8-6-5-7-9-32/h5-18,20,24-25,40-41,44H,19,21-23,26-27H2,1-4H3,(H,51,53)(H,55,56)/t40?,41-,44+/m0/s1. The first-order chi connectivity index (χ1) is 29.0. The van der Waals surface area contributed by atoms with E-state index in [1.807, 2.05) is 98.8 Å². The Balaban J connectivity index is 0.987. The SMILES string of the molecule is Cc1nc(C(=O)N2Cc3cc4c(cc3C[C@H]2C(=O)NC(Cc2ccc(-c3ccnc(C)c3C)cc2)C(=O)O)OC[C@H](c2ccc(OCCc3ccccc3)cc2)O4)c(C)o1. The normalized spacial score (nSPS) is 16.1. The molecule has 12 heteroatoms. The van der Waals surface area contributed by atoms with Gasteiger partial charge in [-0.05, 0) is 95.6 Å². The molecule has 4 aromatic carbocycles. The Kier molecular flexibility index (Phi) is 11.4. The topological polar surface area (TPSA) is 153 Å². The van der Waals surface area contributed by atoms with E-state index in [9.17, 15) is 19.5 Å². The molecule has 0 fully saturated rings. The lowest BCUT2D eigenvalue weighted by Gasteiger charge is -2.37. The summed E-state index contributed by atoms with van der Waals surface area (Å²) in [6.07, 6.45) is 2.34. The minimum absolute atomic E-state index is 0.0401. The highest BCUT2D eigenvalue weighted by Crippen LogP contribution is 2.41. The number of rotatable bonds is 12. The van der Waals surface area contributed by atoms with Crippen LogP contribution in [0.1, 0.15) is 67.3 Å². The van der Waals surface area contributed by atoms with Crippen LogP contribution in [0.5, 0.6) is 17.2 Å². The molecule has 8 rings (SSSR count). The molecular formula is C48H46N4O8. The van der Waals surface area contributed by atoms with Crippen molar-refractivity contribution in [3.05, 3.63) is 160 Å². The Labute approximate surface area is 348 Å². The highest BCUT2D eigenvalue weighted by atomic mass is 16.6. The summed E-state index contributed by atoms with van der Waals surface area (Å²) in [6.45, 7) is 8.14. The van der Waals surface area contributed by atoms with E-state index in [1.54, 1.807) is 20.0 Å². The number of hydrogen-bond acceptors (Lipinski definition) is 9. The van der Waals surface area contributed by atoms with Gasteiger partial charge >= 0.3 is 5.97 Å². The first-order valence-corrected chi connectivity index (χ1v) is 20.0. The largest absolute Gasteiger partial charge is 0.493 e. The summed E-state index contributed by atoms with van der Waals surface area (Å²) < 4.78 is 24.3. The fraction of sp³-hybridized carbons (Fsp3) is 0.271. The van der Waals surface area contributed by atoms with Crippen LogP contribution in [0.4, 0.5) is 0 Å². The lowest BCUT2D eigenvalue weighted by atomic mass is 9.91. The van der Waals surface area contributed by atoms with Gasteiger partial charge in [0, 0.05) is 44.6 Å². The van der Waals surface area contributed by atoms with Crippen LogP contribution in [0.3, 0.4) is 0 Å².